The van der Waals surface area contributed by atoms with Crippen molar-refractivity contribution in [2.24, 2.45) is 0 Å². The molecule has 0 saturated carbocycles. The molecule has 0 aliphatic rings. The van der Waals surface area contributed by atoms with Gasteiger partial charge >= 0.3 is 6.36 Å². The van der Waals surface area contributed by atoms with Gasteiger partial charge in [-0.15, -0.1) is 13.2 Å². The summed E-state index contributed by atoms with van der Waals surface area (Å²) >= 11 is 0. The first-order chi connectivity index (χ1) is 9.35. The van der Waals surface area contributed by atoms with Crippen LogP contribution in [-0.4, -0.2) is 6.36 Å². The monoisotopic (exact) mass is 283 g/mol. The smallest absolute Gasteiger partial charge is 0.451 e. The largest absolute Gasteiger partial charge is 0.573 e. The van der Waals surface area contributed by atoms with Crippen molar-refractivity contribution in [1.29, 1.82) is 0 Å². The molecule has 0 spiro atoms. The van der Waals surface area contributed by atoms with Gasteiger partial charge in [-0.1, -0.05) is 18.2 Å². The van der Waals surface area contributed by atoms with Crippen LogP contribution in [0.2, 0.25) is 0 Å². The highest BCUT2D eigenvalue weighted by Crippen LogP contribution is 2.36. The first kappa shape index (κ1) is 14.0. The number of hydrogen-bond donors (Lipinski definition) is 1. The lowest BCUT2D eigenvalue weighted by Gasteiger charge is -2.14. The minimum atomic E-state index is -4.78. The zero-order valence-electron chi connectivity index (χ0n) is 10.6. The average Bonchev–Trinajstić information content (AvgIpc) is 2.33. The molecule has 106 valence electrons. The summed E-state index contributed by atoms with van der Waals surface area (Å²) in [6, 6.07) is 10.5. The number of alkyl halides is 3. The third-order valence-corrected chi connectivity index (χ3v) is 2.46. The Balaban J connectivity index is 2.29. The fourth-order valence-corrected chi connectivity index (χ4v) is 1.62. The second-order valence-corrected chi connectivity index (χ2v) is 4.14. The Bertz CT molecular complexity index is 612. The highest BCUT2D eigenvalue weighted by Gasteiger charge is 2.32. The van der Waals surface area contributed by atoms with Crippen molar-refractivity contribution in [3.63, 3.8) is 0 Å². The molecule has 0 aliphatic heterocycles. The first-order valence-electron chi connectivity index (χ1n) is 5.74. The number of ether oxygens (including phenoxy) is 2. The summed E-state index contributed by atoms with van der Waals surface area (Å²) in [4.78, 5) is 0. The van der Waals surface area contributed by atoms with Crippen LogP contribution in [0, 0.1) is 6.92 Å². The van der Waals surface area contributed by atoms with Crippen LogP contribution in [0.25, 0.3) is 0 Å². The zero-order valence-corrected chi connectivity index (χ0v) is 10.6. The van der Waals surface area contributed by atoms with Gasteiger partial charge in [0.2, 0.25) is 0 Å². The molecule has 6 heteroatoms. The average molecular weight is 283 g/mol. The molecule has 0 aromatic heterocycles. The van der Waals surface area contributed by atoms with Crippen molar-refractivity contribution >= 4 is 5.69 Å². The van der Waals surface area contributed by atoms with E-state index in [1.165, 1.54) is 18.2 Å². The quantitative estimate of drug-likeness (QED) is 0.856. The zero-order chi connectivity index (χ0) is 14.8. The molecule has 0 unspecified atom stereocenters. The van der Waals surface area contributed by atoms with Crippen molar-refractivity contribution in [2.45, 2.75) is 13.3 Å². The molecule has 2 N–H and O–H groups in total. The van der Waals surface area contributed by atoms with E-state index >= 15 is 0 Å². The van der Waals surface area contributed by atoms with E-state index in [-0.39, 0.29) is 11.5 Å². The fourth-order valence-electron chi connectivity index (χ4n) is 1.62. The molecule has 0 fully saturated rings. The van der Waals surface area contributed by atoms with Crippen LogP contribution >= 0.6 is 0 Å². The van der Waals surface area contributed by atoms with Gasteiger partial charge < -0.3 is 15.2 Å². The van der Waals surface area contributed by atoms with Crippen LogP contribution in [0.15, 0.2) is 42.5 Å². The normalized spacial score (nSPS) is 11.2. The number of halogens is 3. The molecule has 20 heavy (non-hydrogen) atoms. The van der Waals surface area contributed by atoms with E-state index in [1.54, 1.807) is 24.3 Å². The fraction of sp³-hybridized carbons (Fsp3) is 0.143. The summed E-state index contributed by atoms with van der Waals surface area (Å²) < 4.78 is 46.2. The lowest BCUT2D eigenvalue weighted by atomic mass is 10.2. The van der Waals surface area contributed by atoms with Crippen molar-refractivity contribution in [1.82, 2.24) is 0 Å². The molecule has 2 aromatic rings. The van der Waals surface area contributed by atoms with Gasteiger partial charge in [-0.3, -0.25) is 0 Å². The van der Waals surface area contributed by atoms with Crippen molar-refractivity contribution < 1.29 is 22.6 Å². The van der Waals surface area contributed by atoms with Crippen LogP contribution in [0.1, 0.15) is 5.56 Å². The summed E-state index contributed by atoms with van der Waals surface area (Å²) in [7, 11) is 0. The predicted octanol–water partition coefficient (Wildman–Crippen LogP) is 4.27. The van der Waals surface area contributed by atoms with Gasteiger partial charge in [-0.05, 0) is 36.8 Å². The molecular formula is C14H12F3NO2. The Labute approximate surface area is 113 Å². The molecule has 0 saturated heterocycles. The summed E-state index contributed by atoms with van der Waals surface area (Å²) in [5.74, 6) is -0.200. The van der Waals surface area contributed by atoms with Gasteiger partial charge in [0, 0.05) is 0 Å². The third-order valence-electron chi connectivity index (χ3n) is 2.46. The Hall–Kier alpha value is -2.37. The van der Waals surface area contributed by atoms with Crippen molar-refractivity contribution in [3.8, 4) is 17.2 Å². The van der Waals surface area contributed by atoms with Gasteiger partial charge in [-0.2, -0.15) is 0 Å². The minimum Gasteiger partial charge on any atom is -0.451 e. The molecule has 0 atom stereocenters. The number of aryl methyl sites for hydroxylation is 1. The minimum absolute atomic E-state index is 0.0552. The number of nitrogens with two attached hydrogens (primary N) is 1. The van der Waals surface area contributed by atoms with Crippen LogP contribution < -0.4 is 15.2 Å². The Morgan fingerprint density at radius 2 is 1.60 bits per heavy atom. The SMILES string of the molecule is Cc1ccc(Oc2ccccc2OC(F)(F)F)c(N)c1. The number of para-hydroxylation sites is 2. The standard InChI is InChI=1S/C14H12F3NO2/c1-9-6-7-11(10(18)8-9)19-12-4-2-3-5-13(12)20-14(15,16)17/h2-8H,18H2,1H3. The van der Waals surface area contributed by atoms with Gasteiger partial charge in [0.25, 0.3) is 0 Å². The predicted molar refractivity (Wildman–Crippen MR) is 68.8 cm³/mol. The Morgan fingerprint density at radius 1 is 0.950 bits per heavy atom. The first-order valence-corrected chi connectivity index (χ1v) is 5.74. The topological polar surface area (TPSA) is 44.5 Å². The van der Waals surface area contributed by atoms with Gasteiger partial charge in [0.05, 0.1) is 5.69 Å². The van der Waals surface area contributed by atoms with E-state index in [2.05, 4.69) is 4.74 Å². The van der Waals surface area contributed by atoms with Crippen molar-refractivity contribution in [3.05, 3.63) is 48.0 Å². The summed E-state index contributed by atoms with van der Waals surface area (Å²) in [5.41, 5.74) is 7.02. The highest BCUT2D eigenvalue weighted by molar-refractivity contribution is 5.56. The maximum atomic E-state index is 12.3. The molecule has 2 aromatic carbocycles. The molecule has 3 nitrogen and oxygen atoms in total. The maximum absolute atomic E-state index is 12.3. The maximum Gasteiger partial charge on any atom is 0.573 e. The van der Waals surface area contributed by atoms with E-state index in [9.17, 15) is 13.2 Å². The number of nitrogen functional groups attached to an aromatic ring is 1. The second kappa shape index (κ2) is 5.32. The molecule has 0 aliphatic carbocycles. The summed E-state index contributed by atoms with van der Waals surface area (Å²) in [6.07, 6.45) is -4.78. The molecule has 0 heterocycles. The van der Waals surface area contributed by atoms with Gasteiger partial charge in [0.15, 0.2) is 17.2 Å². The van der Waals surface area contributed by atoms with E-state index in [0.717, 1.165) is 5.56 Å². The summed E-state index contributed by atoms with van der Waals surface area (Å²) in [5, 5.41) is 0. The number of benzene rings is 2. The van der Waals surface area contributed by atoms with Gasteiger partial charge in [0.1, 0.15) is 0 Å². The van der Waals surface area contributed by atoms with E-state index in [0.29, 0.717) is 5.69 Å². The Morgan fingerprint density at radius 3 is 2.20 bits per heavy atom. The van der Waals surface area contributed by atoms with E-state index < -0.39 is 12.1 Å². The third kappa shape index (κ3) is 3.57. The van der Waals surface area contributed by atoms with Crippen LogP contribution in [0.4, 0.5) is 18.9 Å². The van der Waals surface area contributed by atoms with Crippen LogP contribution in [0.3, 0.4) is 0 Å². The number of anilines is 1. The number of rotatable bonds is 3. The molecule has 2 rings (SSSR count). The molecular weight excluding hydrogens is 271 g/mol. The molecule has 0 bridgehead atoms. The van der Waals surface area contributed by atoms with Crippen LogP contribution in [0.5, 0.6) is 17.2 Å². The molecule has 0 radical (unpaired) electrons. The van der Waals surface area contributed by atoms with E-state index in [4.69, 9.17) is 10.5 Å². The number of hydrogen-bond acceptors (Lipinski definition) is 3. The lowest BCUT2D eigenvalue weighted by molar-refractivity contribution is -0.275. The van der Waals surface area contributed by atoms with Crippen LogP contribution in [-0.2, 0) is 0 Å². The second-order valence-electron chi connectivity index (χ2n) is 4.14. The van der Waals surface area contributed by atoms with E-state index in [1.807, 2.05) is 6.92 Å². The lowest BCUT2D eigenvalue weighted by Crippen LogP contribution is -2.17. The van der Waals surface area contributed by atoms with Gasteiger partial charge in [-0.25, -0.2) is 0 Å². The summed E-state index contributed by atoms with van der Waals surface area (Å²) in [6.45, 7) is 1.85. The Kier molecular flexibility index (Phi) is 3.74. The van der Waals surface area contributed by atoms with Crippen molar-refractivity contribution in [2.75, 3.05) is 5.73 Å². The highest BCUT2D eigenvalue weighted by atomic mass is 19.4. The molecule has 0 amide bonds.